The van der Waals surface area contributed by atoms with E-state index in [-0.39, 0.29) is 12.3 Å². The molecule has 0 heterocycles. The molecule has 0 aliphatic carbocycles. The molecule has 3 heteroatoms. The van der Waals surface area contributed by atoms with Gasteiger partial charge in [-0.25, -0.2) is 4.39 Å². The molecule has 104 valence electrons. The van der Waals surface area contributed by atoms with E-state index >= 15 is 0 Å². The maximum Gasteiger partial charge on any atom is 0.223 e. The third-order valence-electron chi connectivity index (χ3n) is 3.10. The van der Waals surface area contributed by atoms with Crippen molar-refractivity contribution in [2.45, 2.75) is 26.1 Å². The Morgan fingerprint density at radius 3 is 2.60 bits per heavy atom. The molecule has 1 N–H and O–H groups in total. The summed E-state index contributed by atoms with van der Waals surface area (Å²) >= 11 is 0. The number of halogens is 1. The van der Waals surface area contributed by atoms with Crippen LogP contribution in [0.5, 0.6) is 0 Å². The highest BCUT2D eigenvalue weighted by Gasteiger charge is 2.14. The molecule has 0 bridgehead atoms. The molecule has 0 fully saturated rings. The third-order valence-corrected chi connectivity index (χ3v) is 3.10. The largest absolute Gasteiger partial charge is 0.352 e. The van der Waals surface area contributed by atoms with Gasteiger partial charge in [-0.1, -0.05) is 60.2 Å². The van der Waals surface area contributed by atoms with E-state index in [9.17, 15) is 9.18 Å². The molecule has 1 amide bonds. The Hall–Kier alpha value is -2.16. The summed E-state index contributed by atoms with van der Waals surface area (Å²) in [5, 5.41) is 2.74. The first kappa shape index (κ1) is 14.3. The lowest BCUT2D eigenvalue weighted by Crippen LogP contribution is -2.23. The topological polar surface area (TPSA) is 29.1 Å². The minimum Gasteiger partial charge on any atom is -0.352 e. The molecule has 0 spiro atoms. The molecule has 2 aromatic rings. The number of hydrogen-bond donors (Lipinski definition) is 1. The molecule has 0 saturated heterocycles. The average Bonchev–Trinajstić information content (AvgIpc) is 2.46. The van der Waals surface area contributed by atoms with Gasteiger partial charge in [0.15, 0.2) is 0 Å². The molecule has 0 aromatic heterocycles. The van der Waals surface area contributed by atoms with E-state index < -0.39 is 6.17 Å². The van der Waals surface area contributed by atoms with E-state index in [2.05, 4.69) is 5.32 Å². The number of carbonyl (C=O) groups excluding carboxylic acids is 1. The van der Waals surface area contributed by atoms with Gasteiger partial charge in [0, 0.05) is 6.54 Å². The number of nitrogens with one attached hydrogen (secondary N) is 1. The van der Waals surface area contributed by atoms with Gasteiger partial charge >= 0.3 is 0 Å². The first-order chi connectivity index (χ1) is 9.65. The van der Waals surface area contributed by atoms with Crippen molar-refractivity contribution in [1.29, 1.82) is 0 Å². The molecule has 2 aromatic carbocycles. The predicted octanol–water partition coefficient (Wildman–Crippen LogP) is 3.71. The lowest BCUT2D eigenvalue weighted by molar-refractivity contribution is -0.122. The summed E-state index contributed by atoms with van der Waals surface area (Å²) in [6.07, 6.45) is -1.40. The molecule has 0 aliphatic heterocycles. The Kier molecular flexibility index (Phi) is 4.88. The van der Waals surface area contributed by atoms with E-state index in [1.165, 1.54) is 0 Å². The summed E-state index contributed by atoms with van der Waals surface area (Å²) in [6, 6.07) is 16.8. The van der Waals surface area contributed by atoms with Crippen LogP contribution in [-0.4, -0.2) is 5.91 Å². The smallest absolute Gasteiger partial charge is 0.223 e. The fraction of sp³-hybridized carbons (Fsp3) is 0.235. The first-order valence-corrected chi connectivity index (χ1v) is 6.66. The molecule has 0 aliphatic rings. The Labute approximate surface area is 118 Å². The number of aryl methyl sites for hydroxylation is 1. The molecular weight excluding hydrogens is 253 g/mol. The third kappa shape index (κ3) is 4.19. The molecule has 2 nitrogen and oxygen atoms in total. The normalized spacial score (nSPS) is 11.9. The standard InChI is InChI=1S/C17H18FNO/c1-13-6-5-9-15(10-13)16(18)11-17(20)19-12-14-7-3-2-4-8-14/h2-10,16H,11-12H2,1H3,(H,19,20)/t16-/m0/s1. The number of alkyl halides is 1. The predicted molar refractivity (Wildman–Crippen MR) is 77.9 cm³/mol. The maximum atomic E-state index is 14.0. The number of amides is 1. The molecule has 0 saturated carbocycles. The fourth-order valence-electron chi connectivity index (χ4n) is 2.01. The van der Waals surface area contributed by atoms with Crippen molar-refractivity contribution in [3.05, 3.63) is 71.3 Å². The highest BCUT2D eigenvalue weighted by Crippen LogP contribution is 2.21. The summed E-state index contributed by atoms with van der Waals surface area (Å²) in [5.41, 5.74) is 2.56. The van der Waals surface area contributed by atoms with E-state index in [1.807, 2.05) is 43.3 Å². The van der Waals surface area contributed by atoms with Gasteiger partial charge in [0.25, 0.3) is 0 Å². The SMILES string of the molecule is Cc1cccc([C@@H](F)CC(=O)NCc2ccccc2)c1. The molecule has 20 heavy (non-hydrogen) atoms. The molecule has 1 atom stereocenters. The summed E-state index contributed by atoms with van der Waals surface area (Å²) in [6.45, 7) is 2.34. The van der Waals surface area contributed by atoms with Gasteiger partial charge in [-0.2, -0.15) is 0 Å². The highest BCUT2D eigenvalue weighted by atomic mass is 19.1. The zero-order valence-electron chi connectivity index (χ0n) is 11.5. The Morgan fingerprint density at radius 1 is 1.15 bits per heavy atom. The second-order valence-electron chi connectivity index (χ2n) is 4.85. The molecular formula is C17H18FNO. The van der Waals surface area contributed by atoms with Crippen LogP contribution in [0.1, 0.15) is 29.3 Å². The van der Waals surface area contributed by atoms with Crippen molar-refractivity contribution >= 4 is 5.91 Å². The van der Waals surface area contributed by atoms with E-state index in [4.69, 9.17) is 0 Å². The highest BCUT2D eigenvalue weighted by molar-refractivity contribution is 5.76. The zero-order chi connectivity index (χ0) is 14.4. The number of rotatable bonds is 5. The molecule has 2 rings (SSSR count). The molecule has 0 radical (unpaired) electrons. The quantitative estimate of drug-likeness (QED) is 0.882. The van der Waals surface area contributed by atoms with Crippen LogP contribution in [0.2, 0.25) is 0 Å². The van der Waals surface area contributed by atoms with Crippen LogP contribution in [-0.2, 0) is 11.3 Å². The second kappa shape index (κ2) is 6.85. The lowest BCUT2D eigenvalue weighted by atomic mass is 10.1. The van der Waals surface area contributed by atoms with Crippen molar-refractivity contribution in [3.63, 3.8) is 0 Å². The van der Waals surface area contributed by atoms with Gasteiger partial charge in [-0.05, 0) is 18.1 Å². The van der Waals surface area contributed by atoms with Crippen LogP contribution in [0.3, 0.4) is 0 Å². The summed E-state index contributed by atoms with van der Waals surface area (Å²) in [4.78, 5) is 11.7. The van der Waals surface area contributed by atoms with Gasteiger partial charge < -0.3 is 5.32 Å². The van der Waals surface area contributed by atoms with Crippen molar-refractivity contribution in [3.8, 4) is 0 Å². The van der Waals surface area contributed by atoms with Crippen molar-refractivity contribution in [2.75, 3.05) is 0 Å². The first-order valence-electron chi connectivity index (χ1n) is 6.66. The van der Waals surface area contributed by atoms with Crippen molar-refractivity contribution < 1.29 is 9.18 Å². The van der Waals surface area contributed by atoms with Crippen molar-refractivity contribution in [1.82, 2.24) is 5.32 Å². The fourth-order valence-corrected chi connectivity index (χ4v) is 2.01. The van der Waals surface area contributed by atoms with E-state index in [1.54, 1.807) is 18.2 Å². The number of benzene rings is 2. The van der Waals surface area contributed by atoms with E-state index in [0.717, 1.165) is 11.1 Å². The maximum absolute atomic E-state index is 14.0. The Bertz CT molecular complexity index is 568. The number of carbonyl (C=O) groups is 1. The van der Waals surface area contributed by atoms with Crippen molar-refractivity contribution in [2.24, 2.45) is 0 Å². The summed E-state index contributed by atoms with van der Waals surface area (Å²) < 4.78 is 14.0. The van der Waals surface area contributed by atoms with Crippen LogP contribution in [0.25, 0.3) is 0 Å². The summed E-state index contributed by atoms with van der Waals surface area (Å²) in [7, 11) is 0. The lowest BCUT2D eigenvalue weighted by Gasteiger charge is -2.10. The average molecular weight is 271 g/mol. The monoisotopic (exact) mass is 271 g/mol. The minimum atomic E-state index is -1.26. The van der Waals surface area contributed by atoms with Gasteiger partial charge in [0.1, 0.15) is 6.17 Å². The Balaban J connectivity index is 1.85. The number of hydrogen-bond acceptors (Lipinski definition) is 1. The van der Waals surface area contributed by atoms with Gasteiger partial charge in [-0.15, -0.1) is 0 Å². The van der Waals surface area contributed by atoms with E-state index in [0.29, 0.717) is 12.1 Å². The summed E-state index contributed by atoms with van der Waals surface area (Å²) in [5.74, 6) is -0.275. The molecule has 0 unspecified atom stereocenters. The van der Waals surface area contributed by atoms with Crippen LogP contribution in [0.4, 0.5) is 4.39 Å². The van der Waals surface area contributed by atoms with Crippen LogP contribution in [0.15, 0.2) is 54.6 Å². The Morgan fingerprint density at radius 2 is 1.90 bits per heavy atom. The van der Waals surface area contributed by atoms with Crippen LogP contribution < -0.4 is 5.32 Å². The second-order valence-corrected chi connectivity index (χ2v) is 4.85. The van der Waals surface area contributed by atoms with Gasteiger partial charge in [-0.3, -0.25) is 4.79 Å². The minimum absolute atomic E-state index is 0.143. The van der Waals surface area contributed by atoms with Crippen LogP contribution >= 0.6 is 0 Å². The zero-order valence-corrected chi connectivity index (χ0v) is 11.5. The van der Waals surface area contributed by atoms with Crippen LogP contribution in [0, 0.1) is 6.92 Å². The van der Waals surface area contributed by atoms with Gasteiger partial charge in [0.2, 0.25) is 5.91 Å². The van der Waals surface area contributed by atoms with Gasteiger partial charge in [0.05, 0.1) is 6.42 Å².